The Balaban J connectivity index is 1.67. The van der Waals surface area contributed by atoms with Crippen molar-refractivity contribution in [1.29, 1.82) is 0 Å². The van der Waals surface area contributed by atoms with Gasteiger partial charge in [-0.05, 0) is 64.8 Å². The first-order valence-electron chi connectivity index (χ1n) is 8.16. The predicted molar refractivity (Wildman–Crippen MR) is 87.7 cm³/mol. The van der Waals surface area contributed by atoms with E-state index in [4.69, 9.17) is 4.74 Å². The Kier molecular flexibility index (Phi) is 6.71. The van der Waals surface area contributed by atoms with Crippen LogP contribution in [0, 0.1) is 6.92 Å². The second kappa shape index (κ2) is 8.54. The van der Waals surface area contributed by atoms with Gasteiger partial charge in [0.05, 0.1) is 6.61 Å². The standard InChI is InChI=1S/C17H27NO2S/c1-3-20-17(19)9-5-4-6-12-18-13-7-8-15(18)16-11-10-14(2)21-16/h10-11,15H,3-9,12-13H2,1-2H3. The molecule has 21 heavy (non-hydrogen) atoms. The van der Waals surface area contributed by atoms with E-state index in [1.54, 1.807) is 0 Å². The zero-order valence-corrected chi connectivity index (χ0v) is 14.1. The largest absolute Gasteiger partial charge is 0.466 e. The third-order valence-electron chi connectivity index (χ3n) is 4.08. The summed E-state index contributed by atoms with van der Waals surface area (Å²) in [5, 5.41) is 0. The van der Waals surface area contributed by atoms with Crippen molar-refractivity contribution < 1.29 is 9.53 Å². The van der Waals surface area contributed by atoms with Crippen LogP contribution in [-0.2, 0) is 9.53 Å². The average Bonchev–Trinajstić information content (AvgIpc) is 3.07. The molecule has 2 rings (SSSR count). The fourth-order valence-electron chi connectivity index (χ4n) is 3.04. The van der Waals surface area contributed by atoms with E-state index in [1.165, 1.54) is 35.6 Å². The normalized spacial score (nSPS) is 19.0. The fourth-order valence-corrected chi connectivity index (χ4v) is 4.09. The Morgan fingerprint density at radius 2 is 2.24 bits per heavy atom. The minimum Gasteiger partial charge on any atom is -0.466 e. The summed E-state index contributed by atoms with van der Waals surface area (Å²) >= 11 is 1.94. The molecule has 1 atom stereocenters. The molecule has 1 unspecified atom stereocenters. The van der Waals surface area contributed by atoms with Crippen molar-refractivity contribution in [3.05, 3.63) is 21.9 Å². The second-order valence-electron chi connectivity index (χ2n) is 5.76. The van der Waals surface area contributed by atoms with Crippen molar-refractivity contribution in [3.8, 4) is 0 Å². The van der Waals surface area contributed by atoms with Crippen LogP contribution in [0.5, 0.6) is 0 Å². The number of aryl methyl sites for hydroxylation is 1. The molecule has 0 spiro atoms. The van der Waals surface area contributed by atoms with E-state index in [2.05, 4.69) is 24.0 Å². The first-order valence-corrected chi connectivity index (χ1v) is 8.98. The Hall–Kier alpha value is -0.870. The molecule has 0 aromatic carbocycles. The van der Waals surface area contributed by atoms with Crippen LogP contribution in [0.25, 0.3) is 0 Å². The highest BCUT2D eigenvalue weighted by atomic mass is 32.1. The summed E-state index contributed by atoms with van der Waals surface area (Å²) in [7, 11) is 0. The third kappa shape index (κ3) is 5.11. The molecule has 1 saturated heterocycles. The summed E-state index contributed by atoms with van der Waals surface area (Å²) in [4.78, 5) is 16.8. The van der Waals surface area contributed by atoms with Gasteiger partial charge in [0.2, 0.25) is 0 Å². The number of rotatable bonds is 8. The Morgan fingerprint density at radius 1 is 1.38 bits per heavy atom. The molecular formula is C17H27NO2S. The summed E-state index contributed by atoms with van der Waals surface area (Å²) in [5.41, 5.74) is 0. The Bertz CT molecular complexity index is 444. The smallest absolute Gasteiger partial charge is 0.305 e. The van der Waals surface area contributed by atoms with Crippen LogP contribution in [0.4, 0.5) is 0 Å². The average molecular weight is 309 g/mol. The minimum absolute atomic E-state index is 0.0504. The molecule has 118 valence electrons. The van der Waals surface area contributed by atoms with Crippen LogP contribution in [0.3, 0.4) is 0 Å². The highest BCUT2D eigenvalue weighted by Crippen LogP contribution is 2.35. The summed E-state index contributed by atoms with van der Waals surface area (Å²) in [6.45, 7) is 6.92. The Labute approximate surface area is 132 Å². The van der Waals surface area contributed by atoms with Gasteiger partial charge in [0.25, 0.3) is 0 Å². The molecule has 0 amide bonds. The molecule has 1 fully saturated rings. The Morgan fingerprint density at radius 3 is 2.95 bits per heavy atom. The van der Waals surface area contributed by atoms with Gasteiger partial charge < -0.3 is 4.74 Å². The van der Waals surface area contributed by atoms with Gasteiger partial charge in [0.15, 0.2) is 0 Å². The minimum atomic E-state index is -0.0504. The molecular weight excluding hydrogens is 282 g/mol. The van der Waals surface area contributed by atoms with E-state index in [0.717, 1.165) is 19.4 Å². The lowest BCUT2D eigenvalue weighted by molar-refractivity contribution is -0.143. The highest BCUT2D eigenvalue weighted by molar-refractivity contribution is 7.12. The monoisotopic (exact) mass is 309 g/mol. The number of carbonyl (C=O) groups is 1. The number of nitrogens with zero attached hydrogens (tertiary/aromatic N) is 1. The van der Waals surface area contributed by atoms with Gasteiger partial charge in [-0.3, -0.25) is 9.69 Å². The van der Waals surface area contributed by atoms with Crippen molar-refractivity contribution >= 4 is 17.3 Å². The highest BCUT2D eigenvalue weighted by Gasteiger charge is 2.26. The molecule has 0 saturated carbocycles. The lowest BCUT2D eigenvalue weighted by atomic mass is 10.1. The number of unbranched alkanes of at least 4 members (excludes halogenated alkanes) is 2. The molecule has 0 N–H and O–H groups in total. The quantitative estimate of drug-likeness (QED) is 0.529. The third-order valence-corrected chi connectivity index (χ3v) is 5.19. The van der Waals surface area contributed by atoms with Gasteiger partial charge in [-0.15, -0.1) is 11.3 Å². The van der Waals surface area contributed by atoms with Crippen molar-refractivity contribution in [3.63, 3.8) is 0 Å². The van der Waals surface area contributed by atoms with Crippen molar-refractivity contribution in [2.24, 2.45) is 0 Å². The maximum atomic E-state index is 11.3. The van der Waals surface area contributed by atoms with Gasteiger partial charge in [-0.2, -0.15) is 0 Å². The van der Waals surface area contributed by atoms with Crippen LogP contribution in [0.1, 0.15) is 61.2 Å². The molecule has 1 aliphatic heterocycles. The van der Waals surface area contributed by atoms with Crippen LogP contribution in [0.15, 0.2) is 12.1 Å². The first kappa shape index (κ1) is 16.5. The fraction of sp³-hybridized carbons (Fsp3) is 0.706. The van der Waals surface area contributed by atoms with E-state index < -0.39 is 0 Å². The van der Waals surface area contributed by atoms with Crippen molar-refractivity contribution in [2.75, 3.05) is 19.7 Å². The number of carbonyl (C=O) groups excluding carboxylic acids is 1. The molecule has 2 heterocycles. The molecule has 0 radical (unpaired) electrons. The van der Waals surface area contributed by atoms with Gasteiger partial charge in [0, 0.05) is 22.2 Å². The number of likely N-dealkylation sites (tertiary alicyclic amines) is 1. The summed E-state index contributed by atoms with van der Waals surface area (Å²) in [5.74, 6) is -0.0504. The maximum Gasteiger partial charge on any atom is 0.305 e. The van der Waals surface area contributed by atoms with Gasteiger partial charge >= 0.3 is 5.97 Å². The van der Waals surface area contributed by atoms with E-state index in [1.807, 2.05) is 18.3 Å². The molecule has 3 nitrogen and oxygen atoms in total. The number of thiophene rings is 1. The zero-order valence-electron chi connectivity index (χ0n) is 13.3. The van der Waals surface area contributed by atoms with E-state index in [-0.39, 0.29) is 5.97 Å². The molecule has 1 aromatic heterocycles. The zero-order chi connectivity index (χ0) is 15.1. The number of hydrogen-bond acceptors (Lipinski definition) is 4. The molecule has 1 aliphatic rings. The number of esters is 1. The second-order valence-corrected chi connectivity index (χ2v) is 7.08. The maximum absolute atomic E-state index is 11.3. The van der Waals surface area contributed by atoms with Crippen LogP contribution < -0.4 is 0 Å². The number of ether oxygens (including phenoxy) is 1. The predicted octanol–water partition coefficient (Wildman–Crippen LogP) is 4.32. The van der Waals surface area contributed by atoms with Crippen LogP contribution in [0.2, 0.25) is 0 Å². The van der Waals surface area contributed by atoms with Gasteiger partial charge in [-0.1, -0.05) is 6.42 Å². The SMILES string of the molecule is CCOC(=O)CCCCCN1CCCC1c1ccc(C)s1. The lowest BCUT2D eigenvalue weighted by Gasteiger charge is -2.23. The van der Waals surface area contributed by atoms with Gasteiger partial charge in [-0.25, -0.2) is 0 Å². The molecule has 0 aliphatic carbocycles. The van der Waals surface area contributed by atoms with Crippen LogP contribution in [-0.4, -0.2) is 30.6 Å². The molecule has 0 bridgehead atoms. The first-order chi connectivity index (χ1) is 10.2. The number of hydrogen-bond donors (Lipinski definition) is 0. The lowest BCUT2D eigenvalue weighted by Crippen LogP contribution is -2.23. The molecule has 4 heteroatoms. The van der Waals surface area contributed by atoms with E-state index >= 15 is 0 Å². The van der Waals surface area contributed by atoms with E-state index in [9.17, 15) is 4.79 Å². The van der Waals surface area contributed by atoms with Crippen LogP contribution >= 0.6 is 11.3 Å². The topological polar surface area (TPSA) is 29.5 Å². The van der Waals surface area contributed by atoms with Gasteiger partial charge in [0.1, 0.15) is 0 Å². The molecule has 1 aromatic rings. The summed E-state index contributed by atoms with van der Waals surface area (Å²) < 4.78 is 4.95. The van der Waals surface area contributed by atoms with E-state index in [0.29, 0.717) is 19.1 Å². The summed E-state index contributed by atoms with van der Waals surface area (Å²) in [6, 6.07) is 5.16. The summed E-state index contributed by atoms with van der Waals surface area (Å²) in [6.07, 6.45) is 6.43. The van der Waals surface area contributed by atoms with Crippen molar-refractivity contribution in [2.45, 2.75) is 58.4 Å². The van der Waals surface area contributed by atoms with Crippen molar-refractivity contribution in [1.82, 2.24) is 4.90 Å².